The Labute approximate surface area is 107 Å². The zero-order chi connectivity index (χ0) is 12.7. The molecule has 1 rings (SSSR count). The Morgan fingerprint density at radius 3 is 2.82 bits per heavy atom. The third-order valence-corrected chi connectivity index (χ3v) is 5.35. The van der Waals surface area contributed by atoms with Crippen molar-refractivity contribution in [2.45, 2.75) is 44.3 Å². The van der Waals surface area contributed by atoms with Gasteiger partial charge in [0, 0.05) is 23.7 Å². The van der Waals surface area contributed by atoms with E-state index in [9.17, 15) is 4.21 Å². The van der Waals surface area contributed by atoms with Crippen LogP contribution in [0.2, 0.25) is 0 Å². The van der Waals surface area contributed by atoms with Crippen LogP contribution in [0, 0.1) is 23.2 Å². The van der Waals surface area contributed by atoms with Crippen LogP contribution in [0.3, 0.4) is 0 Å². The van der Waals surface area contributed by atoms with Crippen LogP contribution in [0.4, 0.5) is 0 Å². The molecule has 4 atom stereocenters. The Morgan fingerprint density at radius 2 is 2.24 bits per heavy atom. The molecule has 4 heteroatoms. The highest BCUT2D eigenvalue weighted by molar-refractivity contribution is 7.85. The van der Waals surface area contributed by atoms with Crippen LogP contribution in [0.5, 0.6) is 0 Å². The van der Waals surface area contributed by atoms with Crippen molar-refractivity contribution in [3.63, 3.8) is 0 Å². The van der Waals surface area contributed by atoms with Gasteiger partial charge in [-0.25, -0.2) is 0 Å². The molecule has 0 aromatic rings. The second-order valence-corrected chi connectivity index (χ2v) is 6.59. The third-order valence-electron chi connectivity index (χ3n) is 3.59. The summed E-state index contributed by atoms with van der Waals surface area (Å²) in [5, 5.41) is 9.21. The summed E-state index contributed by atoms with van der Waals surface area (Å²) in [5.41, 5.74) is 0. The number of hydrogen-bond acceptors (Lipinski definition) is 3. The van der Waals surface area contributed by atoms with Gasteiger partial charge in [-0.2, -0.15) is 5.26 Å². The predicted octanol–water partition coefficient (Wildman–Crippen LogP) is 2.49. The number of nitriles is 1. The van der Waals surface area contributed by atoms with Gasteiger partial charge in [0.15, 0.2) is 0 Å². The van der Waals surface area contributed by atoms with E-state index < -0.39 is 10.8 Å². The first-order chi connectivity index (χ1) is 8.22. The second-order valence-electron chi connectivity index (χ2n) is 4.82. The minimum Gasteiger partial charge on any atom is -0.384 e. The van der Waals surface area contributed by atoms with E-state index in [1.165, 1.54) is 12.8 Å². The van der Waals surface area contributed by atoms with E-state index in [0.717, 1.165) is 19.3 Å². The van der Waals surface area contributed by atoms with E-state index >= 15 is 0 Å². The van der Waals surface area contributed by atoms with Gasteiger partial charge >= 0.3 is 0 Å². The third kappa shape index (κ3) is 4.40. The Kier molecular flexibility index (Phi) is 6.76. The number of nitrogens with zero attached hydrogens (tertiary/aromatic N) is 1. The molecular weight excluding hydrogens is 234 g/mol. The number of rotatable bonds is 6. The van der Waals surface area contributed by atoms with Crippen LogP contribution in [0.1, 0.15) is 39.0 Å². The summed E-state index contributed by atoms with van der Waals surface area (Å²) in [5.74, 6) is 1.22. The van der Waals surface area contributed by atoms with Crippen LogP contribution < -0.4 is 0 Å². The maximum absolute atomic E-state index is 12.2. The number of methoxy groups -OCH3 is 1. The van der Waals surface area contributed by atoms with Crippen molar-refractivity contribution >= 4 is 10.8 Å². The molecule has 0 saturated heterocycles. The molecular formula is C13H23NO2S. The highest BCUT2D eigenvalue weighted by atomic mass is 32.2. The molecule has 17 heavy (non-hydrogen) atoms. The van der Waals surface area contributed by atoms with Crippen molar-refractivity contribution in [2.24, 2.45) is 11.8 Å². The first-order valence-corrected chi connectivity index (χ1v) is 7.86. The summed E-state index contributed by atoms with van der Waals surface area (Å²) < 4.78 is 17.1. The van der Waals surface area contributed by atoms with E-state index in [2.05, 4.69) is 13.0 Å². The first kappa shape index (κ1) is 14.7. The maximum Gasteiger partial charge on any atom is 0.0668 e. The largest absolute Gasteiger partial charge is 0.384 e. The van der Waals surface area contributed by atoms with Crippen LogP contribution >= 0.6 is 0 Å². The van der Waals surface area contributed by atoms with Gasteiger partial charge in [0.05, 0.1) is 23.8 Å². The van der Waals surface area contributed by atoms with Gasteiger partial charge < -0.3 is 4.74 Å². The zero-order valence-electron chi connectivity index (χ0n) is 10.9. The van der Waals surface area contributed by atoms with Gasteiger partial charge in [0.2, 0.25) is 0 Å². The van der Waals surface area contributed by atoms with Crippen molar-refractivity contribution < 1.29 is 8.95 Å². The fourth-order valence-corrected chi connectivity index (χ4v) is 4.32. The van der Waals surface area contributed by atoms with Crippen molar-refractivity contribution in [1.29, 1.82) is 5.26 Å². The monoisotopic (exact) mass is 257 g/mol. The molecule has 0 aromatic carbocycles. The lowest BCUT2D eigenvalue weighted by molar-refractivity contribution is 0.217. The molecule has 98 valence electrons. The minimum absolute atomic E-state index is 0.0132. The molecule has 3 nitrogen and oxygen atoms in total. The molecule has 0 heterocycles. The summed E-state index contributed by atoms with van der Waals surface area (Å²) >= 11 is 0. The maximum atomic E-state index is 12.2. The Balaban J connectivity index is 2.56. The molecule has 0 spiro atoms. The van der Waals surface area contributed by atoms with Crippen molar-refractivity contribution in [1.82, 2.24) is 0 Å². The average Bonchev–Trinajstić information content (AvgIpc) is 2.36. The molecule has 0 N–H and O–H groups in total. The van der Waals surface area contributed by atoms with Gasteiger partial charge in [0.1, 0.15) is 0 Å². The van der Waals surface area contributed by atoms with Gasteiger partial charge in [0.25, 0.3) is 0 Å². The van der Waals surface area contributed by atoms with E-state index in [1.54, 1.807) is 7.11 Å². The van der Waals surface area contributed by atoms with Crippen LogP contribution in [-0.4, -0.2) is 28.9 Å². The number of hydrogen-bond donors (Lipinski definition) is 0. The molecule has 4 unspecified atom stereocenters. The average molecular weight is 257 g/mol. The molecule has 0 amide bonds. The van der Waals surface area contributed by atoms with E-state index in [0.29, 0.717) is 18.3 Å². The molecule has 1 aliphatic rings. The standard InChI is InChI=1S/C13H23NO2S/c1-3-4-11-5-6-12(10-14)13(9-11)17(15)8-7-16-2/h11-13H,3-9H2,1-2H3. The topological polar surface area (TPSA) is 50.1 Å². The van der Waals surface area contributed by atoms with Crippen molar-refractivity contribution in [3.05, 3.63) is 0 Å². The van der Waals surface area contributed by atoms with Gasteiger partial charge in [-0.15, -0.1) is 0 Å². The molecule has 1 fully saturated rings. The van der Waals surface area contributed by atoms with Crippen LogP contribution in [-0.2, 0) is 15.5 Å². The Morgan fingerprint density at radius 1 is 1.47 bits per heavy atom. The first-order valence-electron chi connectivity index (χ1n) is 6.48. The van der Waals surface area contributed by atoms with E-state index in [-0.39, 0.29) is 11.2 Å². The lowest BCUT2D eigenvalue weighted by Gasteiger charge is -2.32. The quantitative estimate of drug-likeness (QED) is 0.734. The van der Waals surface area contributed by atoms with Crippen LogP contribution in [0.15, 0.2) is 0 Å². The Bertz CT molecular complexity index is 288. The normalized spacial score (nSPS) is 30.8. The summed E-state index contributed by atoms with van der Waals surface area (Å²) in [6.07, 6.45) is 5.40. The highest BCUT2D eigenvalue weighted by Crippen LogP contribution is 2.34. The molecule has 1 saturated carbocycles. The SMILES string of the molecule is CCCC1CCC(C#N)C(S(=O)CCOC)C1. The smallest absolute Gasteiger partial charge is 0.0668 e. The van der Waals surface area contributed by atoms with Crippen molar-refractivity contribution in [2.75, 3.05) is 19.5 Å². The predicted molar refractivity (Wildman–Crippen MR) is 70.0 cm³/mol. The second kappa shape index (κ2) is 7.84. The fourth-order valence-electron chi connectivity index (χ4n) is 2.64. The zero-order valence-corrected chi connectivity index (χ0v) is 11.7. The summed E-state index contributed by atoms with van der Waals surface area (Å²) in [7, 11) is 0.717. The fraction of sp³-hybridized carbons (Fsp3) is 0.923. The molecule has 0 aliphatic heterocycles. The molecule has 0 radical (unpaired) electrons. The van der Waals surface area contributed by atoms with Gasteiger partial charge in [-0.05, 0) is 25.2 Å². The van der Waals surface area contributed by atoms with E-state index in [1.807, 2.05) is 0 Å². The summed E-state index contributed by atoms with van der Waals surface area (Å²) in [6.45, 7) is 2.72. The lowest BCUT2D eigenvalue weighted by Crippen LogP contribution is -2.34. The Hall–Kier alpha value is -0.400. The van der Waals surface area contributed by atoms with Crippen LogP contribution in [0.25, 0.3) is 0 Å². The molecule has 0 bridgehead atoms. The summed E-state index contributed by atoms with van der Waals surface area (Å²) in [6, 6.07) is 2.34. The lowest BCUT2D eigenvalue weighted by atomic mass is 9.80. The molecule has 0 aromatic heterocycles. The summed E-state index contributed by atoms with van der Waals surface area (Å²) in [4.78, 5) is 0. The van der Waals surface area contributed by atoms with Crippen molar-refractivity contribution in [3.8, 4) is 6.07 Å². The van der Waals surface area contributed by atoms with Gasteiger partial charge in [-0.3, -0.25) is 4.21 Å². The van der Waals surface area contributed by atoms with E-state index in [4.69, 9.17) is 10.00 Å². The molecule has 1 aliphatic carbocycles. The van der Waals surface area contributed by atoms with Gasteiger partial charge in [-0.1, -0.05) is 19.8 Å². The highest BCUT2D eigenvalue weighted by Gasteiger charge is 2.33. The minimum atomic E-state index is -0.908. The number of ether oxygens (including phenoxy) is 1.